The first-order chi connectivity index (χ1) is 12.5. The van der Waals surface area contributed by atoms with Crippen molar-refractivity contribution in [3.8, 4) is 11.5 Å². The molecular weight excluding hydrogens is 336 g/mol. The van der Waals surface area contributed by atoms with E-state index in [1.165, 1.54) is 0 Å². The Morgan fingerprint density at radius 2 is 1.88 bits per heavy atom. The van der Waals surface area contributed by atoms with Crippen LogP contribution in [0.15, 0.2) is 24.3 Å². The molecule has 0 spiro atoms. The largest absolute Gasteiger partial charge is 0.493 e. The molecule has 0 aromatic heterocycles. The molecular formula is C19H28N2O5. The molecule has 0 radical (unpaired) electrons. The average molecular weight is 364 g/mol. The number of carboxylic acid groups (broad SMARTS) is 1. The summed E-state index contributed by atoms with van der Waals surface area (Å²) in [5.74, 6) is 0.547. The molecule has 1 heterocycles. The monoisotopic (exact) mass is 364 g/mol. The minimum absolute atomic E-state index is 0.0574. The fourth-order valence-corrected chi connectivity index (χ4v) is 3.30. The number of amides is 1. The number of carboxylic acids is 1. The van der Waals surface area contributed by atoms with Gasteiger partial charge in [0.15, 0.2) is 11.5 Å². The van der Waals surface area contributed by atoms with E-state index in [0.717, 1.165) is 12.8 Å². The fraction of sp³-hybridized carbons (Fsp3) is 0.579. The zero-order valence-electron chi connectivity index (χ0n) is 15.5. The van der Waals surface area contributed by atoms with Gasteiger partial charge in [0, 0.05) is 19.1 Å². The van der Waals surface area contributed by atoms with Gasteiger partial charge in [-0.05, 0) is 31.5 Å². The van der Waals surface area contributed by atoms with E-state index >= 15 is 0 Å². The van der Waals surface area contributed by atoms with E-state index in [0.29, 0.717) is 44.2 Å². The van der Waals surface area contributed by atoms with Gasteiger partial charge in [-0.2, -0.15) is 0 Å². The van der Waals surface area contributed by atoms with Crippen LogP contribution in [0.4, 0.5) is 0 Å². The smallest absolute Gasteiger partial charge is 0.317 e. The van der Waals surface area contributed by atoms with Gasteiger partial charge in [0.2, 0.25) is 5.91 Å². The van der Waals surface area contributed by atoms with Crippen molar-refractivity contribution in [3.05, 3.63) is 24.3 Å². The number of likely N-dealkylation sites (N-methyl/N-ethyl adjacent to an activating group) is 1. The normalized spacial score (nSPS) is 15.1. The fourth-order valence-electron chi connectivity index (χ4n) is 3.30. The molecule has 144 valence electrons. The van der Waals surface area contributed by atoms with Crippen LogP contribution in [0.1, 0.15) is 26.2 Å². The van der Waals surface area contributed by atoms with Crippen molar-refractivity contribution < 1.29 is 24.2 Å². The maximum absolute atomic E-state index is 12.4. The number of carbonyl (C=O) groups excluding carboxylic acids is 1. The van der Waals surface area contributed by atoms with Crippen LogP contribution in [0.2, 0.25) is 0 Å². The highest BCUT2D eigenvalue weighted by Crippen LogP contribution is 2.26. The van der Waals surface area contributed by atoms with Crippen molar-refractivity contribution in [3.63, 3.8) is 0 Å². The third-order valence-corrected chi connectivity index (χ3v) is 4.72. The number of ether oxygens (including phenoxy) is 2. The summed E-state index contributed by atoms with van der Waals surface area (Å²) in [6, 6.07) is 7.59. The lowest BCUT2D eigenvalue weighted by atomic mass is 10.0. The van der Waals surface area contributed by atoms with E-state index < -0.39 is 5.97 Å². The first-order valence-corrected chi connectivity index (χ1v) is 9.04. The van der Waals surface area contributed by atoms with E-state index in [2.05, 4.69) is 0 Å². The van der Waals surface area contributed by atoms with Crippen LogP contribution in [0.25, 0.3) is 0 Å². The van der Waals surface area contributed by atoms with Crippen molar-refractivity contribution in [1.29, 1.82) is 0 Å². The summed E-state index contributed by atoms with van der Waals surface area (Å²) < 4.78 is 10.9. The summed E-state index contributed by atoms with van der Waals surface area (Å²) >= 11 is 0. The minimum atomic E-state index is -0.807. The van der Waals surface area contributed by atoms with Gasteiger partial charge in [-0.15, -0.1) is 0 Å². The number of aliphatic carboxylic acids is 1. The Morgan fingerprint density at radius 3 is 2.46 bits per heavy atom. The molecule has 0 aliphatic carbocycles. The van der Waals surface area contributed by atoms with E-state index in [-0.39, 0.29) is 18.5 Å². The van der Waals surface area contributed by atoms with Gasteiger partial charge in [-0.1, -0.05) is 19.1 Å². The summed E-state index contributed by atoms with van der Waals surface area (Å²) in [4.78, 5) is 27.1. The molecule has 0 unspecified atom stereocenters. The Morgan fingerprint density at radius 1 is 1.23 bits per heavy atom. The highest BCUT2D eigenvalue weighted by Gasteiger charge is 2.27. The lowest BCUT2D eigenvalue weighted by molar-refractivity contribution is -0.140. The maximum atomic E-state index is 12.4. The summed E-state index contributed by atoms with van der Waals surface area (Å²) in [7, 11) is 1.58. The van der Waals surface area contributed by atoms with E-state index in [1.54, 1.807) is 7.11 Å². The Kier molecular flexibility index (Phi) is 7.72. The van der Waals surface area contributed by atoms with Crippen LogP contribution in [-0.2, 0) is 9.59 Å². The second-order valence-corrected chi connectivity index (χ2v) is 6.32. The van der Waals surface area contributed by atoms with E-state index in [4.69, 9.17) is 14.6 Å². The van der Waals surface area contributed by atoms with Crippen LogP contribution in [0, 0.1) is 0 Å². The maximum Gasteiger partial charge on any atom is 0.317 e. The zero-order chi connectivity index (χ0) is 18.9. The first kappa shape index (κ1) is 20.0. The Bertz CT molecular complexity index is 599. The molecule has 1 aliphatic heterocycles. The number of methoxy groups -OCH3 is 1. The Balaban J connectivity index is 1.75. The molecule has 0 atom stereocenters. The van der Waals surface area contributed by atoms with Gasteiger partial charge in [0.05, 0.1) is 26.7 Å². The van der Waals surface area contributed by atoms with Crippen molar-refractivity contribution in [1.82, 2.24) is 9.80 Å². The molecule has 1 aromatic rings. The van der Waals surface area contributed by atoms with Crippen molar-refractivity contribution >= 4 is 11.9 Å². The van der Waals surface area contributed by atoms with Crippen LogP contribution in [0.3, 0.4) is 0 Å². The number of nitrogens with zero attached hydrogens (tertiary/aromatic N) is 2. The predicted octanol–water partition coefficient (Wildman–Crippen LogP) is 1.86. The number of hydrogen-bond acceptors (Lipinski definition) is 5. The number of rotatable bonds is 9. The van der Waals surface area contributed by atoms with Crippen molar-refractivity contribution in [2.45, 2.75) is 32.2 Å². The van der Waals surface area contributed by atoms with Gasteiger partial charge in [-0.25, -0.2) is 0 Å². The van der Waals surface area contributed by atoms with Gasteiger partial charge in [0.1, 0.15) is 0 Å². The van der Waals surface area contributed by atoms with Crippen LogP contribution < -0.4 is 9.47 Å². The SMILES string of the molecule is CCN(CC(=O)O)C1CCN(C(=O)CCOc2ccccc2OC)CC1. The second kappa shape index (κ2) is 10.0. The summed E-state index contributed by atoms with van der Waals surface area (Å²) in [6.45, 7) is 4.36. The van der Waals surface area contributed by atoms with E-state index in [1.807, 2.05) is 41.0 Å². The molecule has 1 saturated heterocycles. The summed E-state index contributed by atoms with van der Waals surface area (Å²) in [6.07, 6.45) is 1.93. The predicted molar refractivity (Wildman–Crippen MR) is 97.6 cm³/mol. The lowest BCUT2D eigenvalue weighted by Gasteiger charge is -2.37. The van der Waals surface area contributed by atoms with Gasteiger partial charge < -0.3 is 19.5 Å². The number of hydrogen-bond donors (Lipinski definition) is 1. The van der Waals surface area contributed by atoms with Crippen LogP contribution in [0.5, 0.6) is 11.5 Å². The number of likely N-dealkylation sites (tertiary alicyclic amines) is 1. The molecule has 26 heavy (non-hydrogen) atoms. The number of benzene rings is 1. The molecule has 7 heteroatoms. The summed E-state index contributed by atoms with van der Waals surface area (Å²) in [5.41, 5.74) is 0. The quantitative estimate of drug-likeness (QED) is 0.721. The van der Waals surface area contributed by atoms with Gasteiger partial charge in [-0.3, -0.25) is 14.5 Å². The topological polar surface area (TPSA) is 79.3 Å². The first-order valence-electron chi connectivity index (χ1n) is 9.04. The summed E-state index contributed by atoms with van der Waals surface area (Å²) in [5, 5.41) is 8.99. The van der Waals surface area contributed by atoms with Gasteiger partial charge in [0.25, 0.3) is 0 Å². The molecule has 0 bridgehead atoms. The Labute approximate surface area is 154 Å². The standard InChI is InChI=1S/C19H28N2O5/c1-3-20(14-19(23)24)15-8-11-21(12-9-15)18(22)10-13-26-17-7-5-4-6-16(17)25-2/h4-7,15H,3,8-14H2,1-2H3,(H,23,24). The van der Waals surface area contributed by atoms with Crippen LogP contribution in [-0.4, -0.2) is 72.7 Å². The molecule has 0 saturated carbocycles. The number of carbonyl (C=O) groups is 2. The van der Waals surface area contributed by atoms with Gasteiger partial charge >= 0.3 is 5.97 Å². The van der Waals surface area contributed by atoms with Crippen molar-refractivity contribution in [2.24, 2.45) is 0 Å². The average Bonchev–Trinajstić information content (AvgIpc) is 2.66. The third kappa shape index (κ3) is 5.62. The lowest BCUT2D eigenvalue weighted by Crippen LogP contribution is -2.48. The van der Waals surface area contributed by atoms with E-state index in [9.17, 15) is 9.59 Å². The molecule has 2 rings (SSSR count). The Hall–Kier alpha value is -2.28. The molecule has 1 aliphatic rings. The highest BCUT2D eigenvalue weighted by molar-refractivity contribution is 5.76. The highest BCUT2D eigenvalue weighted by atomic mass is 16.5. The third-order valence-electron chi connectivity index (χ3n) is 4.72. The molecule has 1 N–H and O–H groups in total. The molecule has 1 amide bonds. The zero-order valence-corrected chi connectivity index (χ0v) is 15.5. The minimum Gasteiger partial charge on any atom is -0.493 e. The molecule has 1 aromatic carbocycles. The number of piperidine rings is 1. The van der Waals surface area contributed by atoms with Crippen LogP contribution >= 0.6 is 0 Å². The second-order valence-electron chi connectivity index (χ2n) is 6.32. The molecule has 7 nitrogen and oxygen atoms in total. The number of para-hydroxylation sites is 2. The van der Waals surface area contributed by atoms with Crippen molar-refractivity contribution in [2.75, 3.05) is 39.9 Å². The molecule has 1 fully saturated rings.